The van der Waals surface area contributed by atoms with Crippen LogP contribution in [0.25, 0.3) is 10.9 Å². The van der Waals surface area contributed by atoms with E-state index in [0.717, 1.165) is 16.9 Å². The first kappa shape index (κ1) is 15.0. The number of amides is 1. The summed E-state index contributed by atoms with van der Waals surface area (Å²) < 4.78 is 13.2. The van der Waals surface area contributed by atoms with E-state index in [-0.39, 0.29) is 11.7 Å². The molecule has 0 spiro atoms. The third-order valence-corrected chi connectivity index (χ3v) is 3.46. The second-order valence-corrected chi connectivity index (χ2v) is 5.32. The molecule has 2 aromatic heterocycles. The normalized spacial score (nSPS) is 10.7. The summed E-state index contributed by atoms with van der Waals surface area (Å²) in [6.07, 6.45) is 1.74. The third-order valence-electron chi connectivity index (χ3n) is 3.46. The number of benzene rings is 1. The van der Waals surface area contributed by atoms with Gasteiger partial charge in [0.25, 0.3) is 5.91 Å². The Morgan fingerprint density at radius 3 is 2.91 bits per heavy atom. The van der Waals surface area contributed by atoms with Crippen molar-refractivity contribution in [3.63, 3.8) is 0 Å². The van der Waals surface area contributed by atoms with E-state index in [0.29, 0.717) is 24.2 Å². The largest absolute Gasteiger partial charge is 0.368 e. The molecule has 3 N–H and O–H groups in total. The van der Waals surface area contributed by atoms with Gasteiger partial charge >= 0.3 is 0 Å². The van der Waals surface area contributed by atoms with Gasteiger partial charge in [0, 0.05) is 30.2 Å². The lowest BCUT2D eigenvalue weighted by molar-refractivity contribution is 0.0951. The van der Waals surface area contributed by atoms with Crippen molar-refractivity contribution in [2.24, 2.45) is 0 Å². The molecular formula is C17H17FN4O. The number of hydrogen-bond acceptors (Lipinski definition) is 3. The number of nitrogens with one attached hydrogen (secondary N) is 3. The molecule has 3 aromatic rings. The van der Waals surface area contributed by atoms with Gasteiger partial charge in [-0.05, 0) is 48.9 Å². The Morgan fingerprint density at radius 2 is 2.09 bits per heavy atom. The lowest BCUT2D eigenvalue weighted by atomic mass is 10.2. The number of rotatable bonds is 5. The SMILES string of the molecule is Cc1ccnc(NCCNC(=O)c2cc3cc(F)ccc3[nH]2)c1. The van der Waals surface area contributed by atoms with Crippen molar-refractivity contribution in [1.82, 2.24) is 15.3 Å². The highest BCUT2D eigenvalue weighted by Crippen LogP contribution is 2.16. The molecule has 0 unspecified atom stereocenters. The Balaban J connectivity index is 1.54. The fourth-order valence-corrected chi connectivity index (χ4v) is 2.32. The molecule has 0 fully saturated rings. The van der Waals surface area contributed by atoms with Crippen molar-refractivity contribution >= 4 is 22.6 Å². The Kier molecular flexibility index (Phi) is 4.23. The summed E-state index contributed by atoms with van der Waals surface area (Å²) in [7, 11) is 0. The van der Waals surface area contributed by atoms with Crippen LogP contribution in [0.15, 0.2) is 42.6 Å². The predicted molar refractivity (Wildman–Crippen MR) is 88.1 cm³/mol. The maximum atomic E-state index is 13.2. The van der Waals surface area contributed by atoms with Gasteiger partial charge in [-0.2, -0.15) is 0 Å². The number of halogens is 1. The summed E-state index contributed by atoms with van der Waals surface area (Å²) in [4.78, 5) is 19.2. The number of pyridine rings is 1. The van der Waals surface area contributed by atoms with Crippen molar-refractivity contribution in [3.05, 3.63) is 59.7 Å². The van der Waals surface area contributed by atoms with Crippen molar-refractivity contribution in [2.75, 3.05) is 18.4 Å². The number of aromatic nitrogens is 2. The quantitative estimate of drug-likeness (QED) is 0.635. The lowest BCUT2D eigenvalue weighted by Crippen LogP contribution is -2.29. The fourth-order valence-electron chi connectivity index (χ4n) is 2.32. The van der Waals surface area contributed by atoms with Crippen LogP contribution < -0.4 is 10.6 Å². The van der Waals surface area contributed by atoms with Crippen LogP contribution in [0.3, 0.4) is 0 Å². The van der Waals surface area contributed by atoms with Gasteiger partial charge in [-0.25, -0.2) is 9.37 Å². The van der Waals surface area contributed by atoms with Gasteiger partial charge in [0.2, 0.25) is 0 Å². The number of fused-ring (bicyclic) bond motifs is 1. The van der Waals surface area contributed by atoms with E-state index in [1.54, 1.807) is 18.3 Å². The number of nitrogens with zero attached hydrogens (tertiary/aromatic N) is 1. The van der Waals surface area contributed by atoms with Crippen LogP contribution in [0, 0.1) is 12.7 Å². The van der Waals surface area contributed by atoms with Crippen LogP contribution in [0.4, 0.5) is 10.2 Å². The van der Waals surface area contributed by atoms with Crippen LogP contribution in [-0.4, -0.2) is 29.0 Å². The van der Waals surface area contributed by atoms with Gasteiger partial charge in [0.05, 0.1) is 0 Å². The molecule has 0 saturated carbocycles. The van der Waals surface area contributed by atoms with E-state index in [4.69, 9.17) is 0 Å². The molecule has 118 valence electrons. The van der Waals surface area contributed by atoms with Gasteiger partial charge in [-0.15, -0.1) is 0 Å². The molecule has 3 rings (SSSR count). The molecule has 1 amide bonds. The third kappa shape index (κ3) is 3.66. The van der Waals surface area contributed by atoms with Crippen LogP contribution in [0.5, 0.6) is 0 Å². The topological polar surface area (TPSA) is 69.8 Å². The van der Waals surface area contributed by atoms with E-state index in [1.165, 1.54) is 12.1 Å². The zero-order valence-electron chi connectivity index (χ0n) is 12.7. The summed E-state index contributed by atoms with van der Waals surface area (Å²) in [5.74, 6) is 0.235. The molecule has 23 heavy (non-hydrogen) atoms. The summed E-state index contributed by atoms with van der Waals surface area (Å²) in [5.41, 5.74) is 2.27. The Bertz CT molecular complexity index is 843. The van der Waals surface area contributed by atoms with E-state index >= 15 is 0 Å². The van der Waals surface area contributed by atoms with E-state index in [1.807, 2.05) is 19.1 Å². The molecule has 6 heteroatoms. The fraction of sp³-hybridized carbons (Fsp3) is 0.176. The minimum atomic E-state index is -0.321. The summed E-state index contributed by atoms with van der Waals surface area (Å²) in [6, 6.07) is 9.88. The van der Waals surface area contributed by atoms with Gasteiger partial charge < -0.3 is 15.6 Å². The van der Waals surface area contributed by atoms with E-state index in [2.05, 4.69) is 20.6 Å². The zero-order valence-corrected chi connectivity index (χ0v) is 12.7. The van der Waals surface area contributed by atoms with Crippen molar-refractivity contribution in [1.29, 1.82) is 0 Å². The second kappa shape index (κ2) is 6.48. The Morgan fingerprint density at radius 1 is 1.22 bits per heavy atom. The first-order valence-corrected chi connectivity index (χ1v) is 7.35. The number of carbonyl (C=O) groups is 1. The standard InChI is InChI=1S/C17H17FN4O/c1-11-4-5-19-16(8-11)20-6-7-21-17(23)15-10-12-9-13(18)2-3-14(12)22-15/h2-5,8-10,22H,6-7H2,1H3,(H,19,20)(H,21,23). The first-order valence-electron chi connectivity index (χ1n) is 7.35. The molecule has 0 radical (unpaired) electrons. The number of aromatic amines is 1. The molecule has 0 aliphatic rings. The Labute approximate surface area is 132 Å². The maximum Gasteiger partial charge on any atom is 0.267 e. The average Bonchev–Trinajstić information content (AvgIpc) is 2.94. The average molecular weight is 312 g/mol. The van der Waals surface area contributed by atoms with E-state index in [9.17, 15) is 9.18 Å². The first-order chi connectivity index (χ1) is 11.1. The number of anilines is 1. The minimum absolute atomic E-state index is 0.222. The van der Waals surface area contributed by atoms with Crippen molar-refractivity contribution < 1.29 is 9.18 Å². The molecule has 1 aromatic carbocycles. The number of H-pyrrole nitrogens is 1. The Hall–Kier alpha value is -2.89. The number of carbonyl (C=O) groups excluding carboxylic acids is 1. The lowest BCUT2D eigenvalue weighted by Gasteiger charge is -2.07. The second-order valence-electron chi connectivity index (χ2n) is 5.32. The summed E-state index contributed by atoms with van der Waals surface area (Å²) in [6.45, 7) is 3.02. The summed E-state index contributed by atoms with van der Waals surface area (Å²) in [5, 5.41) is 6.62. The number of aryl methyl sites for hydroxylation is 1. The van der Waals surface area contributed by atoms with Gasteiger partial charge in [0.15, 0.2) is 0 Å². The van der Waals surface area contributed by atoms with Gasteiger partial charge in [-0.1, -0.05) is 0 Å². The van der Waals surface area contributed by atoms with Gasteiger partial charge in [-0.3, -0.25) is 4.79 Å². The molecule has 0 saturated heterocycles. The molecule has 5 nitrogen and oxygen atoms in total. The highest BCUT2D eigenvalue weighted by molar-refractivity contribution is 5.98. The number of hydrogen-bond donors (Lipinski definition) is 3. The van der Waals surface area contributed by atoms with Crippen molar-refractivity contribution in [2.45, 2.75) is 6.92 Å². The minimum Gasteiger partial charge on any atom is -0.368 e. The molecule has 2 heterocycles. The van der Waals surface area contributed by atoms with Gasteiger partial charge in [0.1, 0.15) is 17.3 Å². The van der Waals surface area contributed by atoms with Crippen LogP contribution in [0.2, 0.25) is 0 Å². The maximum absolute atomic E-state index is 13.2. The smallest absolute Gasteiger partial charge is 0.267 e. The van der Waals surface area contributed by atoms with Crippen molar-refractivity contribution in [3.8, 4) is 0 Å². The highest BCUT2D eigenvalue weighted by atomic mass is 19.1. The zero-order chi connectivity index (χ0) is 16.2. The predicted octanol–water partition coefficient (Wildman–Crippen LogP) is 2.85. The molecule has 0 bridgehead atoms. The molecule has 0 aliphatic carbocycles. The van der Waals surface area contributed by atoms with Crippen LogP contribution >= 0.6 is 0 Å². The highest BCUT2D eigenvalue weighted by Gasteiger charge is 2.09. The molecular weight excluding hydrogens is 295 g/mol. The molecule has 0 atom stereocenters. The van der Waals surface area contributed by atoms with E-state index < -0.39 is 0 Å². The van der Waals surface area contributed by atoms with Crippen LogP contribution in [0.1, 0.15) is 16.1 Å². The monoisotopic (exact) mass is 312 g/mol. The molecule has 0 aliphatic heterocycles. The van der Waals surface area contributed by atoms with Crippen LogP contribution in [-0.2, 0) is 0 Å². The summed E-state index contributed by atoms with van der Waals surface area (Å²) >= 11 is 0.